The number of carbonyl (C=O) groups is 1. The van der Waals surface area contributed by atoms with Crippen LogP contribution in [0.3, 0.4) is 0 Å². The highest BCUT2D eigenvalue weighted by Gasteiger charge is 2.18. The molecule has 2 N–H and O–H groups in total. The van der Waals surface area contributed by atoms with Gasteiger partial charge in [-0.1, -0.05) is 12.1 Å². The molecule has 4 heteroatoms. The molecule has 0 aromatic heterocycles. The summed E-state index contributed by atoms with van der Waals surface area (Å²) in [6.45, 7) is 1.45. The molecule has 4 nitrogen and oxygen atoms in total. The number of nitrogens with two attached hydrogens (primary N) is 1. The Hall–Kier alpha value is -1.55. The van der Waals surface area contributed by atoms with E-state index in [1.54, 1.807) is 4.90 Å². The first-order chi connectivity index (χ1) is 9.15. The fourth-order valence-corrected chi connectivity index (χ4v) is 2.40. The summed E-state index contributed by atoms with van der Waals surface area (Å²) in [5, 5.41) is 0. The highest BCUT2D eigenvalue weighted by atomic mass is 16.5. The number of hydrogen-bond acceptors (Lipinski definition) is 3. The van der Waals surface area contributed by atoms with Crippen molar-refractivity contribution in [3.63, 3.8) is 0 Å². The van der Waals surface area contributed by atoms with Gasteiger partial charge in [-0.25, -0.2) is 0 Å². The minimum Gasteiger partial charge on any atom is -0.399 e. The standard InChI is InChI=1S/C15H22N2O2/c1-17(11-12-4-2-5-13(16)10-12)15(18)8-7-14-6-3-9-19-14/h2,4-5,10,14H,3,6-9,11,16H2,1H3. The third-order valence-electron chi connectivity index (χ3n) is 3.50. The molecule has 0 radical (unpaired) electrons. The van der Waals surface area contributed by atoms with E-state index in [1.165, 1.54) is 0 Å². The Balaban J connectivity index is 1.78. The number of hydrogen-bond donors (Lipinski definition) is 1. The maximum absolute atomic E-state index is 12.0. The van der Waals surface area contributed by atoms with Crippen LogP contribution >= 0.6 is 0 Å². The van der Waals surface area contributed by atoms with Crippen LogP contribution in [0.15, 0.2) is 24.3 Å². The molecule has 0 aliphatic carbocycles. The summed E-state index contributed by atoms with van der Waals surface area (Å²) in [4.78, 5) is 13.8. The van der Waals surface area contributed by atoms with E-state index in [9.17, 15) is 4.79 Å². The molecule has 2 rings (SSSR count). The number of carbonyl (C=O) groups excluding carboxylic acids is 1. The van der Waals surface area contributed by atoms with Crippen molar-refractivity contribution in [1.82, 2.24) is 4.90 Å². The van der Waals surface area contributed by atoms with Crippen LogP contribution in [-0.4, -0.2) is 30.6 Å². The van der Waals surface area contributed by atoms with Crippen molar-refractivity contribution in [2.24, 2.45) is 0 Å². The Kier molecular flexibility index (Phi) is 4.80. The van der Waals surface area contributed by atoms with Crippen molar-refractivity contribution in [2.45, 2.75) is 38.3 Å². The number of ether oxygens (including phenoxy) is 1. The minimum atomic E-state index is 0.165. The molecular weight excluding hydrogens is 240 g/mol. The lowest BCUT2D eigenvalue weighted by Gasteiger charge is -2.18. The van der Waals surface area contributed by atoms with E-state index < -0.39 is 0 Å². The molecule has 1 amide bonds. The zero-order valence-electron chi connectivity index (χ0n) is 11.5. The SMILES string of the molecule is CN(Cc1cccc(N)c1)C(=O)CCC1CCCO1. The molecule has 1 saturated heterocycles. The van der Waals surface area contributed by atoms with Gasteiger partial charge < -0.3 is 15.4 Å². The molecule has 104 valence electrons. The first-order valence-corrected chi connectivity index (χ1v) is 6.85. The molecule has 1 fully saturated rings. The summed E-state index contributed by atoms with van der Waals surface area (Å²) in [7, 11) is 1.83. The molecule has 19 heavy (non-hydrogen) atoms. The van der Waals surface area contributed by atoms with Crippen molar-refractivity contribution in [2.75, 3.05) is 19.4 Å². The normalized spacial score (nSPS) is 18.5. The van der Waals surface area contributed by atoms with E-state index in [0.717, 1.165) is 37.1 Å². The highest BCUT2D eigenvalue weighted by molar-refractivity contribution is 5.75. The highest BCUT2D eigenvalue weighted by Crippen LogP contribution is 2.17. The zero-order valence-corrected chi connectivity index (χ0v) is 11.5. The molecule has 0 bridgehead atoms. The van der Waals surface area contributed by atoms with Gasteiger partial charge in [0.2, 0.25) is 5.91 Å². The maximum Gasteiger partial charge on any atom is 0.222 e. The van der Waals surface area contributed by atoms with Gasteiger partial charge in [0.05, 0.1) is 6.10 Å². The van der Waals surface area contributed by atoms with Gasteiger partial charge in [0.15, 0.2) is 0 Å². The smallest absolute Gasteiger partial charge is 0.222 e. The van der Waals surface area contributed by atoms with Crippen molar-refractivity contribution in [3.8, 4) is 0 Å². The van der Waals surface area contributed by atoms with E-state index in [-0.39, 0.29) is 12.0 Å². The summed E-state index contributed by atoms with van der Waals surface area (Å²) in [5.74, 6) is 0.165. The first-order valence-electron chi connectivity index (χ1n) is 6.85. The average Bonchev–Trinajstić information content (AvgIpc) is 2.89. The van der Waals surface area contributed by atoms with E-state index in [1.807, 2.05) is 31.3 Å². The van der Waals surface area contributed by atoms with Crippen LogP contribution in [0, 0.1) is 0 Å². The summed E-state index contributed by atoms with van der Waals surface area (Å²) in [6.07, 6.45) is 3.89. The number of nitrogens with zero attached hydrogens (tertiary/aromatic N) is 1. The van der Waals surface area contributed by atoms with Gasteiger partial charge in [0, 0.05) is 32.3 Å². The molecule has 1 aliphatic heterocycles. The lowest BCUT2D eigenvalue weighted by Crippen LogP contribution is -2.27. The molecule has 0 spiro atoms. The van der Waals surface area contributed by atoms with Crippen LogP contribution in [0.25, 0.3) is 0 Å². The van der Waals surface area contributed by atoms with Crippen LogP contribution in [-0.2, 0) is 16.1 Å². The molecule has 0 saturated carbocycles. The number of benzene rings is 1. The molecule has 1 aliphatic rings. The summed E-state index contributed by atoms with van der Waals surface area (Å²) >= 11 is 0. The predicted molar refractivity (Wildman–Crippen MR) is 75.5 cm³/mol. The molecule has 1 aromatic rings. The van der Waals surface area contributed by atoms with Gasteiger partial charge in [-0.05, 0) is 37.0 Å². The van der Waals surface area contributed by atoms with Gasteiger partial charge in [0.1, 0.15) is 0 Å². The fourth-order valence-electron chi connectivity index (χ4n) is 2.40. The van der Waals surface area contributed by atoms with Crippen LogP contribution < -0.4 is 5.73 Å². The second kappa shape index (κ2) is 6.57. The second-order valence-electron chi connectivity index (χ2n) is 5.17. The lowest BCUT2D eigenvalue weighted by atomic mass is 10.1. The van der Waals surface area contributed by atoms with Crippen LogP contribution in [0.1, 0.15) is 31.2 Å². The van der Waals surface area contributed by atoms with E-state index >= 15 is 0 Å². The Labute approximate surface area is 114 Å². The number of nitrogen functional groups attached to an aromatic ring is 1. The number of rotatable bonds is 5. The molecular formula is C15H22N2O2. The van der Waals surface area contributed by atoms with Crippen LogP contribution in [0.5, 0.6) is 0 Å². The Morgan fingerprint density at radius 1 is 1.53 bits per heavy atom. The topological polar surface area (TPSA) is 55.6 Å². The van der Waals surface area contributed by atoms with Crippen LogP contribution in [0.4, 0.5) is 5.69 Å². The summed E-state index contributed by atoms with van der Waals surface area (Å²) in [6, 6.07) is 7.65. The number of amides is 1. The fraction of sp³-hybridized carbons (Fsp3) is 0.533. The van der Waals surface area contributed by atoms with Crippen LogP contribution in [0.2, 0.25) is 0 Å². The quantitative estimate of drug-likeness (QED) is 0.828. The monoisotopic (exact) mass is 262 g/mol. The van der Waals surface area contributed by atoms with Gasteiger partial charge in [-0.2, -0.15) is 0 Å². The van der Waals surface area contributed by atoms with Crippen molar-refractivity contribution < 1.29 is 9.53 Å². The summed E-state index contributed by atoms with van der Waals surface area (Å²) in [5.41, 5.74) is 7.53. The van der Waals surface area contributed by atoms with E-state index in [4.69, 9.17) is 10.5 Å². The van der Waals surface area contributed by atoms with Crippen molar-refractivity contribution >= 4 is 11.6 Å². The van der Waals surface area contributed by atoms with Gasteiger partial charge in [-0.3, -0.25) is 4.79 Å². The van der Waals surface area contributed by atoms with E-state index in [2.05, 4.69) is 0 Å². The summed E-state index contributed by atoms with van der Waals surface area (Å²) < 4.78 is 5.53. The van der Waals surface area contributed by atoms with Gasteiger partial charge in [0.25, 0.3) is 0 Å². The third kappa shape index (κ3) is 4.24. The molecule has 1 aromatic carbocycles. The molecule has 1 unspecified atom stereocenters. The first kappa shape index (κ1) is 13.9. The van der Waals surface area contributed by atoms with Gasteiger partial charge >= 0.3 is 0 Å². The molecule has 1 atom stereocenters. The molecule has 1 heterocycles. The third-order valence-corrected chi connectivity index (χ3v) is 3.50. The largest absolute Gasteiger partial charge is 0.399 e. The predicted octanol–water partition coefficient (Wildman–Crippen LogP) is 2.19. The maximum atomic E-state index is 12.0. The zero-order chi connectivity index (χ0) is 13.7. The Morgan fingerprint density at radius 2 is 2.37 bits per heavy atom. The van der Waals surface area contributed by atoms with Gasteiger partial charge in [-0.15, -0.1) is 0 Å². The van der Waals surface area contributed by atoms with Crippen molar-refractivity contribution in [1.29, 1.82) is 0 Å². The van der Waals surface area contributed by atoms with Crippen molar-refractivity contribution in [3.05, 3.63) is 29.8 Å². The Morgan fingerprint density at radius 3 is 3.05 bits per heavy atom. The Bertz CT molecular complexity index is 428. The minimum absolute atomic E-state index is 0.165. The number of anilines is 1. The second-order valence-corrected chi connectivity index (χ2v) is 5.17. The lowest BCUT2D eigenvalue weighted by molar-refractivity contribution is -0.131. The van der Waals surface area contributed by atoms with E-state index in [0.29, 0.717) is 13.0 Å². The average molecular weight is 262 g/mol.